The van der Waals surface area contributed by atoms with Crippen molar-refractivity contribution < 1.29 is 8.91 Å². The summed E-state index contributed by atoms with van der Waals surface area (Å²) in [6.07, 6.45) is 0. The second kappa shape index (κ2) is 5.05. The lowest BCUT2D eigenvalue weighted by molar-refractivity contribution is 0.267. The summed E-state index contributed by atoms with van der Waals surface area (Å²) >= 11 is 0. The van der Waals surface area contributed by atoms with E-state index in [4.69, 9.17) is 4.12 Å². The molecule has 1 N–H and O–H groups in total. The molecule has 5 heteroatoms. The predicted octanol–water partition coefficient (Wildman–Crippen LogP) is 0.0377. The van der Waals surface area contributed by atoms with Gasteiger partial charge >= 0.3 is 8.72 Å². The first-order valence-corrected chi connectivity index (χ1v) is 8.49. The van der Waals surface area contributed by atoms with E-state index in [2.05, 4.69) is 0 Å². The Bertz CT molecular complexity index is 107. The predicted molar refractivity (Wildman–Crippen MR) is 52.3 cm³/mol. The van der Waals surface area contributed by atoms with Gasteiger partial charge in [0, 0.05) is 0 Å². The molecule has 11 heavy (non-hydrogen) atoms. The van der Waals surface area contributed by atoms with Gasteiger partial charge in [-0.2, -0.15) is 0 Å². The second-order valence-corrected chi connectivity index (χ2v) is 6.77. The molecule has 0 aromatic carbocycles. The van der Waals surface area contributed by atoms with Gasteiger partial charge in [0.1, 0.15) is 9.76 Å². The quantitative estimate of drug-likeness (QED) is 0.626. The Morgan fingerprint density at radius 3 is 2.18 bits per heavy atom. The maximum absolute atomic E-state index is 9.85. The van der Waals surface area contributed by atoms with Crippen molar-refractivity contribution in [1.29, 1.82) is 0 Å². The van der Waals surface area contributed by atoms with Crippen molar-refractivity contribution in [3.63, 3.8) is 0 Å². The fourth-order valence-electron chi connectivity index (χ4n) is 1.18. The van der Waals surface area contributed by atoms with Gasteiger partial charge in [-0.1, -0.05) is 20.4 Å². The molecule has 68 valence electrons. The highest BCUT2D eigenvalue weighted by Gasteiger charge is 2.32. The Labute approximate surface area is 72.6 Å². The van der Waals surface area contributed by atoms with Crippen LogP contribution < -0.4 is 0 Å². The van der Waals surface area contributed by atoms with Crippen LogP contribution in [0, 0.1) is 0 Å². The van der Waals surface area contributed by atoms with Crippen LogP contribution in [-0.2, 0) is 4.12 Å². The van der Waals surface area contributed by atoms with Crippen molar-refractivity contribution in [3.05, 3.63) is 0 Å². The average Bonchev–Trinajstić information content (AvgIpc) is 1.89. The number of rotatable bonds is 5. The van der Waals surface area contributed by atoms with Crippen LogP contribution >= 0.6 is 0 Å². The first kappa shape index (κ1) is 11.3. The number of hydrogen-bond donors (Lipinski definition) is 1. The molecule has 0 saturated carbocycles. The fraction of sp³-hybridized carbons (Fsp3) is 1.00. The molecule has 3 nitrogen and oxygen atoms in total. The molecule has 0 aromatic rings. The van der Waals surface area contributed by atoms with Crippen LogP contribution in [0.1, 0.15) is 13.8 Å². The summed E-state index contributed by atoms with van der Waals surface area (Å²) in [5, 5.41) is 0. The normalized spacial score (nSPS) is 18.0. The number of nitrogens with zero attached hydrogens (tertiary/aromatic N) is 1. The Balaban J connectivity index is 4.00. The highest BCUT2D eigenvalue weighted by molar-refractivity contribution is 6.66. The Kier molecular flexibility index (Phi) is 5.19. The molecule has 0 aliphatic heterocycles. The fourth-order valence-corrected chi connectivity index (χ4v) is 5.27. The van der Waals surface area contributed by atoms with Crippen molar-refractivity contribution in [2.24, 2.45) is 0 Å². The standard InChI is InChI=1S/C6H19NO2Si2/c1-5-7(6-2)11(4,8)9-10-3/h8H,5-6,10H2,1-4H3. The van der Waals surface area contributed by atoms with Gasteiger partial charge in [-0.15, -0.1) is 0 Å². The summed E-state index contributed by atoms with van der Waals surface area (Å²) in [5.74, 6) is 0. The van der Waals surface area contributed by atoms with Gasteiger partial charge in [-0.25, -0.2) is 0 Å². The Hall–Kier alpha value is 0.314. The molecule has 1 unspecified atom stereocenters. The van der Waals surface area contributed by atoms with Crippen LogP contribution in [0.4, 0.5) is 0 Å². The molecule has 0 radical (unpaired) electrons. The SMILES string of the molecule is CCN(CC)[Si](C)(O)O[SiH2]C. The van der Waals surface area contributed by atoms with Crippen LogP contribution in [0.25, 0.3) is 0 Å². The van der Waals surface area contributed by atoms with Gasteiger partial charge in [0.15, 0.2) is 0 Å². The first-order chi connectivity index (χ1) is 5.08. The lowest BCUT2D eigenvalue weighted by Crippen LogP contribution is -2.54. The third-order valence-corrected chi connectivity index (χ3v) is 6.92. The summed E-state index contributed by atoms with van der Waals surface area (Å²) < 4.78 is 7.46. The van der Waals surface area contributed by atoms with Crippen molar-refractivity contribution >= 4 is 18.5 Å². The van der Waals surface area contributed by atoms with E-state index in [1.807, 2.05) is 31.5 Å². The largest absolute Gasteiger partial charge is 0.431 e. The van der Waals surface area contributed by atoms with E-state index in [1.54, 1.807) is 0 Å². The molecule has 0 amide bonds. The Morgan fingerprint density at radius 2 is 1.91 bits per heavy atom. The topological polar surface area (TPSA) is 32.7 Å². The molecule has 0 aliphatic carbocycles. The third kappa shape index (κ3) is 3.48. The van der Waals surface area contributed by atoms with E-state index in [1.165, 1.54) is 0 Å². The minimum Gasteiger partial charge on any atom is -0.431 e. The van der Waals surface area contributed by atoms with Gasteiger partial charge in [0.05, 0.1) is 0 Å². The minimum atomic E-state index is -2.44. The van der Waals surface area contributed by atoms with Gasteiger partial charge in [0.25, 0.3) is 0 Å². The summed E-state index contributed by atoms with van der Waals surface area (Å²) in [5.41, 5.74) is 0. The summed E-state index contributed by atoms with van der Waals surface area (Å²) in [4.78, 5) is 9.85. The van der Waals surface area contributed by atoms with E-state index in [-0.39, 0.29) is 0 Å². The van der Waals surface area contributed by atoms with E-state index in [0.29, 0.717) is 0 Å². The first-order valence-electron chi connectivity index (χ1n) is 4.19. The lowest BCUT2D eigenvalue weighted by atomic mass is 10.7. The third-order valence-electron chi connectivity index (χ3n) is 1.77. The molecule has 0 rings (SSSR count). The lowest BCUT2D eigenvalue weighted by Gasteiger charge is -2.31. The maximum Gasteiger partial charge on any atom is 0.411 e. The molecule has 0 aliphatic rings. The van der Waals surface area contributed by atoms with Crippen molar-refractivity contribution in [2.45, 2.75) is 26.9 Å². The highest BCUT2D eigenvalue weighted by Crippen LogP contribution is 2.05. The zero-order chi connectivity index (χ0) is 8.91. The van der Waals surface area contributed by atoms with Gasteiger partial charge in [-0.3, -0.25) is 4.57 Å². The smallest absolute Gasteiger partial charge is 0.411 e. The monoisotopic (exact) mass is 193 g/mol. The molecule has 0 aromatic heterocycles. The van der Waals surface area contributed by atoms with Gasteiger partial charge < -0.3 is 8.91 Å². The van der Waals surface area contributed by atoms with Crippen LogP contribution in [0.15, 0.2) is 0 Å². The molecule has 0 saturated heterocycles. The van der Waals surface area contributed by atoms with Crippen molar-refractivity contribution in [3.8, 4) is 0 Å². The van der Waals surface area contributed by atoms with Gasteiger partial charge in [-0.05, 0) is 19.6 Å². The van der Waals surface area contributed by atoms with Crippen LogP contribution in [0.3, 0.4) is 0 Å². The van der Waals surface area contributed by atoms with Crippen LogP contribution in [0.5, 0.6) is 0 Å². The average molecular weight is 193 g/mol. The van der Waals surface area contributed by atoms with Crippen molar-refractivity contribution in [1.82, 2.24) is 4.57 Å². The molecule has 0 bridgehead atoms. The maximum atomic E-state index is 9.85. The van der Waals surface area contributed by atoms with E-state index >= 15 is 0 Å². The minimum absolute atomic E-state index is 0.482. The van der Waals surface area contributed by atoms with E-state index < -0.39 is 18.5 Å². The number of hydrogen-bond acceptors (Lipinski definition) is 3. The molecule has 0 spiro atoms. The second-order valence-electron chi connectivity index (χ2n) is 2.54. The Morgan fingerprint density at radius 1 is 1.45 bits per heavy atom. The summed E-state index contributed by atoms with van der Waals surface area (Å²) in [6.45, 7) is 9.74. The zero-order valence-electron chi connectivity index (χ0n) is 7.92. The molecule has 0 heterocycles. The molecule has 1 atom stereocenters. The highest BCUT2D eigenvalue weighted by atomic mass is 28.4. The molecule has 0 fully saturated rings. The zero-order valence-corrected chi connectivity index (χ0v) is 10.3. The van der Waals surface area contributed by atoms with Crippen molar-refractivity contribution in [2.75, 3.05) is 13.1 Å². The summed E-state index contributed by atoms with van der Waals surface area (Å²) in [7, 11) is -2.92. The molecular formula is C6H19NO2Si2. The van der Waals surface area contributed by atoms with Crippen LogP contribution in [0.2, 0.25) is 13.1 Å². The van der Waals surface area contributed by atoms with Gasteiger partial charge in [0.2, 0.25) is 0 Å². The van der Waals surface area contributed by atoms with E-state index in [0.717, 1.165) is 13.1 Å². The summed E-state index contributed by atoms with van der Waals surface area (Å²) in [6, 6.07) is 0. The van der Waals surface area contributed by atoms with E-state index in [9.17, 15) is 4.80 Å². The van der Waals surface area contributed by atoms with Crippen LogP contribution in [-0.4, -0.2) is 40.9 Å². The molecular weight excluding hydrogens is 174 g/mol.